The Kier molecular flexibility index (Phi) is 5.11. The third-order valence-corrected chi connectivity index (χ3v) is 4.66. The van der Waals surface area contributed by atoms with E-state index in [1.807, 2.05) is 6.07 Å². The highest BCUT2D eigenvalue weighted by molar-refractivity contribution is 7.99. The van der Waals surface area contributed by atoms with E-state index in [0.717, 1.165) is 35.3 Å². The summed E-state index contributed by atoms with van der Waals surface area (Å²) >= 11 is 1.79. The van der Waals surface area contributed by atoms with Crippen molar-refractivity contribution in [3.8, 4) is 0 Å². The normalized spacial score (nSPS) is 22.5. The van der Waals surface area contributed by atoms with Gasteiger partial charge in [0.25, 0.3) is 0 Å². The second-order valence-corrected chi connectivity index (χ2v) is 7.74. The molecule has 5 nitrogen and oxygen atoms in total. The van der Waals surface area contributed by atoms with Gasteiger partial charge in [0.05, 0.1) is 17.9 Å². The number of nitrogens with zero attached hydrogens (tertiary/aromatic N) is 2. The van der Waals surface area contributed by atoms with E-state index in [2.05, 4.69) is 36.1 Å². The number of hydrogen-bond acceptors (Lipinski definition) is 6. The highest BCUT2D eigenvalue weighted by atomic mass is 32.2. The van der Waals surface area contributed by atoms with Crippen molar-refractivity contribution in [2.45, 2.75) is 44.8 Å². The molecule has 0 aromatic carbocycles. The van der Waals surface area contributed by atoms with Crippen molar-refractivity contribution in [3.63, 3.8) is 0 Å². The van der Waals surface area contributed by atoms with E-state index in [1.165, 1.54) is 0 Å². The van der Waals surface area contributed by atoms with Gasteiger partial charge in [-0.15, -0.1) is 0 Å². The quantitative estimate of drug-likeness (QED) is 0.869. The first kappa shape index (κ1) is 16.5. The van der Waals surface area contributed by atoms with Crippen LogP contribution in [-0.2, 0) is 16.8 Å². The topological polar surface area (TPSA) is 67.3 Å². The Hall–Kier alpha value is -0.850. The van der Waals surface area contributed by atoms with Gasteiger partial charge in [-0.05, 0) is 12.2 Å². The fourth-order valence-electron chi connectivity index (χ4n) is 2.14. The Labute approximate surface area is 130 Å². The summed E-state index contributed by atoms with van der Waals surface area (Å²) in [5, 5.41) is 13.7. The molecule has 1 fully saturated rings. The molecule has 1 unspecified atom stereocenters. The molecule has 0 spiro atoms. The minimum absolute atomic E-state index is 0.125. The van der Waals surface area contributed by atoms with Gasteiger partial charge in [0.1, 0.15) is 11.6 Å². The molecule has 0 radical (unpaired) electrons. The zero-order valence-electron chi connectivity index (χ0n) is 13.3. The second-order valence-electron chi connectivity index (χ2n) is 6.63. The van der Waals surface area contributed by atoms with Crippen LogP contribution in [0.4, 0.5) is 5.82 Å². The fourth-order valence-corrected chi connectivity index (χ4v) is 3.43. The van der Waals surface area contributed by atoms with E-state index in [1.54, 1.807) is 18.9 Å². The number of hydrogen-bond donors (Lipinski definition) is 2. The Morgan fingerprint density at radius 2 is 2.19 bits per heavy atom. The molecule has 0 saturated carbocycles. The van der Waals surface area contributed by atoms with Crippen LogP contribution < -0.4 is 5.32 Å². The van der Waals surface area contributed by atoms with E-state index in [9.17, 15) is 5.11 Å². The maximum absolute atomic E-state index is 10.4. The summed E-state index contributed by atoms with van der Waals surface area (Å²) < 4.78 is 5.18. The molecular weight excluding hydrogens is 286 g/mol. The number of methoxy groups -OCH3 is 1. The van der Waals surface area contributed by atoms with E-state index in [4.69, 9.17) is 4.74 Å². The molecule has 1 aliphatic rings. The minimum Gasteiger partial charge on any atom is -0.387 e. The zero-order chi connectivity index (χ0) is 15.5. The van der Waals surface area contributed by atoms with Crippen molar-refractivity contribution in [2.24, 2.45) is 0 Å². The highest BCUT2D eigenvalue weighted by Crippen LogP contribution is 2.28. The first-order valence-corrected chi connectivity index (χ1v) is 8.39. The third kappa shape index (κ3) is 4.56. The third-order valence-electron chi connectivity index (χ3n) is 3.42. The zero-order valence-corrected chi connectivity index (χ0v) is 14.1. The van der Waals surface area contributed by atoms with Crippen molar-refractivity contribution >= 4 is 17.6 Å². The number of thioether (sulfide) groups is 1. The number of aliphatic hydroxyl groups is 1. The molecule has 1 aliphatic heterocycles. The smallest absolute Gasteiger partial charge is 0.136 e. The largest absolute Gasteiger partial charge is 0.387 e. The van der Waals surface area contributed by atoms with Gasteiger partial charge in [0.15, 0.2) is 0 Å². The van der Waals surface area contributed by atoms with Gasteiger partial charge < -0.3 is 15.2 Å². The number of nitrogens with one attached hydrogen (secondary N) is 1. The molecule has 6 heteroatoms. The van der Waals surface area contributed by atoms with E-state index < -0.39 is 5.60 Å². The van der Waals surface area contributed by atoms with Gasteiger partial charge in [-0.25, -0.2) is 9.97 Å². The van der Waals surface area contributed by atoms with Crippen molar-refractivity contribution in [1.82, 2.24) is 9.97 Å². The van der Waals surface area contributed by atoms with Gasteiger partial charge in [0.2, 0.25) is 0 Å². The molecule has 2 N–H and O–H groups in total. The molecule has 1 aromatic rings. The first-order chi connectivity index (χ1) is 9.82. The average Bonchev–Trinajstić information content (AvgIpc) is 2.83. The van der Waals surface area contributed by atoms with Crippen LogP contribution in [0.1, 0.15) is 38.7 Å². The number of rotatable bonds is 5. The molecular formula is C15H25N3O2S. The number of anilines is 1. The molecule has 1 aromatic heterocycles. The fraction of sp³-hybridized carbons (Fsp3) is 0.733. The summed E-state index contributed by atoms with van der Waals surface area (Å²) in [7, 11) is 1.66. The predicted molar refractivity (Wildman–Crippen MR) is 86.8 cm³/mol. The lowest BCUT2D eigenvalue weighted by Gasteiger charge is -2.23. The summed E-state index contributed by atoms with van der Waals surface area (Å²) in [6.45, 7) is 7.24. The predicted octanol–water partition coefficient (Wildman–Crippen LogP) is 2.20. The molecule has 1 saturated heterocycles. The van der Waals surface area contributed by atoms with Crippen LogP contribution in [0.15, 0.2) is 6.07 Å². The number of aromatic nitrogens is 2. The Balaban J connectivity index is 2.15. The van der Waals surface area contributed by atoms with Crippen LogP contribution in [0, 0.1) is 0 Å². The summed E-state index contributed by atoms with van der Waals surface area (Å²) in [6.07, 6.45) is 0.826. The van der Waals surface area contributed by atoms with Crippen molar-refractivity contribution in [3.05, 3.63) is 17.6 Å². The molecule has 118 valence electrons. The van der Waals surface area contributed by atoms with Crippen molar-refractivity contribution in [2.75, 3.05) is 30.5 Å². The Bertz CT molecular complexity index is 482. The summed E-state index contributed by atoms with van der Waals surface area (Å²) in [4.78, 5) is 9.13. The lowest BCUT2D eigenvalue weighted by Crippen LogP contribution is -2.37. The lowest BCUT2D eigenvalue weighted by molar-refractivity contribution is 0.0819. The molecule has 1 atom stereocenters. The van der Waals surface area contributed by atoms with Gasteiger partial charge >= 0.3 is 0 Å². The van der Waals surface area contributed by atoms with Gasteiger partial charge in [-0.1, -0.05) is 20.8 Å². The van der Waals surface area contributed by atoms with E-state index in [-0.39, 0.29) is 5.41 Å². The maximum Gasteiger partial charge on any atom is 0.136 e. The molecule has 0 bridgehead atoms. The highest BCUT2D eigenvalue weighted by Gasteiger charge is 2.31. The Morgan fingerprint density at radius 1 is 1.43 bits per heavy atom. The summed E-state index contributed by atoms with van der Waals surface area (Å²) in [5.41, 5.74) is 0.104. The lowest BCUT2D eigenvalue weighted by atomic mass is 9.95. The number of ether oxygens (including phenoxy) is 1. The van der Waals surface area contributed by atoms with Crippen LogP contribution in [0.5, 0.6) is 0 Å². The molecule has 2 rings (SSSR count). The molecule has 0 amide bonds. The summed E-state index contributed by atoms with van der Waals surface area (Å²) in [6, 6.07) is 1.89. The van der Waals surface area contributed by atoms with Crippen LogP contribution in [-0.4, -0.2) is 45.8 Å². The first-order valence-electron chi connectivity index (χ1n) is 7.24. The average molecular weight is 311 g/mol. The van der Waals surface area contributed by atoms with Crippen molar-refractivity contribution < 1.29 is 9.84 Å². The van der Waals surface area contributed by atoms with Crippen LogP contribution in [0.3, 0.4) is 0 Å². The van der Waals surface area contributed by atoms with Gasteiger partial charge in [-0.3, -0.25) is 0 Å². The van der Waals surface area contributed by atoms with E-state index in [0.29, 0.717) is 13.2 Å². The van der Waals surface area contributed by atoms with Crippen LogP contribution >= 0.6 is 11.8 Å². The summed E-state index contributed by atoms with van der Waals surface area (Å²) in [5.74, 6) is 3.34. The molecule has 2 heterocycles. The Morgan fingerprint density at radius 3 is 2.76 bits per heavy atom. The molecule has 21 heavy (non-hydrogen) atoms. The molecule has 0 aliphatic carbocycles. The SMILES string of the molecule is COCc1cc(NCC2(O)CCSC2)nc(C(C)(C)C)n1. The monoisotopic (exact) mass is 311 g/mol. The second kappa shape index (κ2) is 6.50. The van der Waals surface area contributed by atoms with Crippen LogP contribution in [0.2, 0.25) is 0 Å². The maximum atomic E-state index is 10.4. The van der Waals surface area contributed by atoms with Crippen LogP contribution in [0.25, 0.3) is 0 Å². The van der Waals surface area contributed by atoms with Gasteiger partial charge in [-0.2, -0.15) is 11.8 Å². The minimum atomic E-state index is -0.626. The van der Waals surface area contributed by atoms with Crippen molar-refractivity contribution in [1.29, 1.82) is 0 Å². The standard InChI is InChI=1S/C15H25N3O2S/c1-14(2,3)13-17-11(8-20-4)7-12(18-13)16-9-15(19)5-6-21-10-15/h7,19H,5-6,8-10H2,1-4H3,(H,16,17,18). The van der Waals surface area contributed by atoms with E-state index >= 15 is 0 Å². The van der Waals surface area contributed by atoms with Gasteiger partial charge in [0, 0.05) is 30.9 Å².